The minimum absolute atomic E-state index is 0.200. The summed E-state index contributed by atoms with van der Waals surface area (Å²) in [5.41, 5.74) is -0.943. The molecule has 0 aliphatic carbocycles. The van der Waals surface area contributed by atoms with Crippen LogP contribution in [0.15, 0.2) is 0 Å². The van der Waals surface area contributed by atoms with Crippen LogP contribution in [0.3, 0.4) is 0 Å². The van der Waals surface area contributed by atoms with Crippen LogP contribution < -0.4 is 5.32 Å². The van der Waals surface area contributed by atoms with Gasteiger partial charge in [0.25, 0.3) is 0 Å². The molecule has 0 spiro atoms. The van der Waals surface area contributed by atoms with E-state index in [1.807, 2.05) is 0 Å². The first-order valence-electron chi connectivity index (χ1n) is 4.57. The highest BCUT2D eigenvalue weighted by Crippen LogP contribution is 2.28. The normalized spacial score (nSPS) is 12.3. The summed E-state index contributed by atoms with van der Waals surface area (Å²) >= 11 is 0. The Kier molecular flexibility index (Phi) is 4.07. The highest BCUT2D eigenvalue weighted by Gasteiger charge is 2.29. The molecule has 92 valence electrons. The van der Waals surface area contributed by atoms with Crippen molar-refractivity contribution in [3.05, 3.63) is 34.6 Å². The predicted molar refractivity (Wildman–Crippen MR) is 51.5 cm³/mol. The first kappa shape index (κ1) is 13.5. The second-order valence-corrected chi connectivity index (χ2v) is 3.23. The Morgan fingerprint density at radius 2 is 1.41 bits per heavy atom. The van der Waals surface area contributed by atoms with Gasteiger partial charge in [-0.25, -0.2) is 22.0 Å². The van der Waals surface area contributed by atoms with Crippen LogP contribution in [0.25, 0.3) is 0 Å². The second kappa shape index (κ2) is 5.15. The number of hydrogen-bond donors (Lipinski definition) is 1. The molecule has 1 rings (SSSR count). The molecule has 0 saturated heterocycles. The summed E-state index contributed by atoms with van der Waals surface area (Å²) in [6.07, 6.45) is 4.75. The Labute approximate surface area is 94.6 Å². The van der Waals surface area contributed by atoms with Gasteiger partial charge in [0.05, 0.1) is 0 Å². The lowest BCUT2D eigenvalue weighted by Crippen LogP contribution is -2.21. The van der Waals surface area contributed by atoms with Gasteiger partial charge in [-0.15, -0.1) is 12.3 Å². The molecule has 0 fully saturated rings. The second-order valence-electron chi connectivity index (χ2n) is 3.23. The van der Waals surface area contributed by atoms with Gasteiger partial charge in [0.2, 0.25) is 5.82 Å². The standard InChI is InChI=1S/C11H8F5N/c1-3-4-5(17-2)6-7(12)9(14)11(16)10(15)8(6)13/h1,5,17H,4H2,2H3. The summed E-state index contributed by atoms with van der Waals surface area (Å²) < 4.78 is 65.2. The molecule has 0 aliphatic heterocycles. The van der Waals surface area contributed by atoms with Crippen LogP contribution in [0.5, 0.6) is 0 Å². The summed E-state index contributed by atoms with van der Waals surface area (Å²) in [5, 5.41) is 2.40. The summed E-state index contributed by atoms with van der Waals surface area (Å²) in [6, 6.07) is -1.13. The third-order valence-electron chi connectivity index (χ3n) is 2.26. The molecule has 1 aromatic carbocycles. The molecule has 1 nitrogen and oxygen atoms in total. The predicted octanol–water partition coefficient (Wildman–Crippen LogP) is 2.67. The third kappa shape index (κ3) is 2.24. The van der Waals surface area contributed by atoms with E-state index in [4.69, 9.17) is 6.42 Å². The Hall–Kier alpha value is -1.61. The molecule has 17 heavy (non-hydrogen) atoms. The maximum atomic E-state index is 13.3. The van der Waals surface area contributed by atoms with Gasteiger partial charge in [0.15, 0.2) is 23.3 Å². The largest absolute Gasteiger partial charge is 0.312 e. The molecule has 1 aromatic rings. The van der Waals surface area contributed by atoms with Gasteiger partial charge in [0.1, 0.15) is 0 Å². The van der Waals surface area contributed by atoms with E-state index in [9.17, 15) is 22.0 Å². The topological polar surface area (TPSA) is 12.0 Å². The van der Waals surface area contributed by atoms with Crippen LogP contribution in [0.2, 0.25) is 0 Å². The molecule has 0 bridgehead atoms. The van der Waals surface area contributed by atoms with Gasteiger partial charge in [-0.05, 0) is 7.05 Å². The van der Waals surface area contributed by atoms with Gasteiger partial charge >= 0.3 is 0 Å². The number of halogens is 5. The molecule has 6 heteroatoms. The fourth-order valence-corrected chi connectivity index (χ4v) is 1.39. The average molecular weight is 249 g/mol. The number of benzene rings is 1. The number of hydrogen-bond acceptors (Lipinski definition) is 1. The molecule has 1 atom stereocenters. The zero-order chi connectivity index (χ0) is 13.2. The van der Waals surface area contributed by atoms with Crippen molar-refractivity contribution in [3.63, 3.8) is 0 Å². The van der Waals surface area contributed by atoms with E-state index in [0.717, 1.165) is 0 Å². The van der Waals surface area contributed by atoms with Crippen molar-refractivity contribution >= 4 is 0 Å². The molecule has 0 aliphatic rings. The maximum absolute atomic E-state index is 13.3. The summed E-state index contributed by atoms with van der Waals surface area (Å²) in [5.74, 6) is -7.77. The molecule has 0 radical (unpaired) electrons. The fourth-order valence-electron chi connectivity index (χ4n) is 1.39. The van der Waals surface area contributed by atoms with Crippen molar-refractivity contribution in [3.8, 4) is 12.3 Å². The highest BCUT2D eigenvalue weighted by atomic mass is 19.2. The lowest BCUT2D eigenvalue weighted by Gasteiger charge is -2.16. The molecule has 0 heterocycles. The van der Waals surface area contributed by atoms with E-state index in [1.165, 1.54) is 7.05 Å². The average Bonchev–Trinajstić information content (AvgIpc) is 2.33. The van der Waals surface area contributed by atoms with E-state index in [2.05, 4.69) is 11.2 Å². The van der Waals surface area contributed by atoms with Gasteiger partial charge in [-0.1, -0.05) is 0 Å². The van der Waals surface area contributed by atoms with E-state index in [0.29, 0.717) is 0 Å². The summed E-state index contributed by atoms with van der Waals surface area (Å²) in [7, 11) is 1.31. The van der Waals surface area contributed by atoms with Crippen molar-refractivity contribution in [1.29, 1.82) is 0 Å². The van der Waals surface area contributed by atoms with Crippen molar-refractivity contribution in [2.75, 3.05) is 7.05 Å². The van der Waals surface area contributed by atoms with Gasteiger partial charge in [-0.2, -0.15) is 0 Å². The zero-order valence-corrected chi connectivity index (χ0v) is 8.75. The molecule has 1 N–H and O–H groups in total. The maximum Gasteiger partial charge on any atom is 0.200 e. The van der Waals surface area contributed by atoms with Crippen molar-refractivity contribution < 1.29 is 22.0 Å². The van der Waals surface area contributed by atoms with Crippen LogP contribution in [0.1, 0.15) is 18.0 Å². The Bertz CT molecular complexity index is 449. The quantitative estimate of drug-likeness (QED) is 0.376. The van der Waals surface area contributed by atoms with E-state index in [1.54, 1.807) is 0 Å². The third-order valence-corrected chi connectivity index (χ3v) is 2.26. The Morgan fingerprint density at radius 1 is 1.00 bits per heavy atom. The van der Waals surface area contributed by atoms with Gasteiger partial charge in [0, 0.05) is 18.0 Å². The van der Waals surface area contributed by atoms with Crippen molar-refractivity contribution in [2.24, 2.45) is 0 Å². The van der Waals surface area contributed by atoms with Crippen LogP contribution >= 0.6 is 0 Å². The monoisotopic (exact) mass is 249 g/mol. The molecular formula is C11H8F5N. The minimum atomic E-state index is -2.18. The van der Waals surface area contributed by atoms with Crippen LogP contribution in [-0.4, -0.2) is 7.05 Å². The van der Waals surface area contributed by atoms with E-state index in [-0.39, 0.29) is 6.42 Å². The first-order chi connectivity index (χ1) is 7.95. The lowest BCUT2D eigenvalue weighted by atomic mass is 10.0. The number of terminal acetylenes is 1. The van der Waals surface area contributed by atoms with Gasteiger partial charge < -0.3 is 5.32 Å². The summed E-state index contributed by atoms with van der Waals surface area (Å²) in [4.78, 5) is 0. The number of nitrogens with one attached hydrogen (secondary N) is 1. The fraction of sp³-hybridized carbons (Fsp3) is 0.273. The molecule has 1 unspecified atom stereocenters. The van der Waals surface area contributed by atoms with Crippen molar-refractivity contribution in [1.82, 2.24) is 5.32 Å². The molecule has 0 saturated carbocycles. The van der Waals surface area contributed by atoms with E-state index < -0.39 is 40.7 Å². The van der Waals surface area contributed by atoms with Crippen molar-refractivity contribution in [2.45, 2.75) is 12.5 Å². The smallest absolute Gasteiger partial charge is 0.200 e. The summed E-state index contributed by atoms with van der Waals surface area (Å²) in [6.45, 7) is 0. The zero-order valence-electron chi connectivity index (χ0n) is 8.75. The van der Waals surface area contributed by atoms with Crippen LogP contribution in [-0.2, 0) is 0 Å². The molecule has 0 aromatic heterocycles. The first-order valence-corrected chi connectivity index (χ1v) is 4.57. The van der Waals surface area contributed by atoms with Crippen LogP contribution in [0.4, 0.5) is 22.0 Å². The Balaban J connectivity index is 3.48. The molecule has 0 amide bonds. The molecular weight excluding hydrogens is 241 g/mol. The Morgan fingerprint density at radius 3 is 1.76 bits per heavy atom. The van der Waals surface area contributed by atoms with Gasteiger partial charge in [-0.3, -0.25) is 0 Å². The number of rotatable bonds is 3. The van der Waals surface area contributed by atoms with Crippen LogP contribution in [0, 0.1) is 41.4 Å². The highest BCUT2D eigenvalue weighted by molar-refractivity contribution is 5.27. The van der Waals surface area contributed by atoms with E-state index >= 15 is 0 Å². The lowest BCUT2D eigenvalue weighted by molar-refractivity contribution is 0.359. The minimum Gasteiger partial charge on any atom is -0.312 e. The SMILES string of the molecule is C#CCC(NC)c1c(F)c(F)c(F)c(F)c1F.